The van der Waals surface area contributed by atoms with Crippen molar-refractivity contribution < 1.29 is 9.59 Å². The molecule has 5 nitrogen and oxygen atoms in total. The summed E-state index contributed by atoms with van der Waals surface area (Å²) in [6.07, 6.45) is 0. The number of hydrogen-bond acceptors (Lipinski definition) is 3. The lowest BCUT2D eigenvalue weighted by Gasteiger charge is -2.26. The van der Waals surface area contributed by atoms with E-state index in [1.54, 1.807) is 11.9 Å². The third-order valence-electron chi connectivity index (χ3n) is 4.09. The monoisotopic (exact) mass is 329 g/mol. The quantitative estimate of drug-likeness (QED) is 0.829. The second kappa shape index (κ2) is 6.77. The zero-order valence-electron chi connectivity index (χ0n) is 15.4. The lowest BCUT2D eigenvalue weighted by atomic mass is 10.0. The third-order valence-corrected chi connectivity index (χ3v) is 4.09. The maximum absolute atomic E-state index is 13.0. The van der Waals surface area contributed by atoms with Gasteiger partial charge >= 0.3 is 0 Å². The Kier molecular flexibility index (Phi) is 5.13. The summed E-state index contributed by atoms with van der Waals surface area (Å²) >= 11 is 0. The molecule has 0 bridgehead atoms. The van der Waals surface area contributed by atoms with Crippen molar-refractivity contribution in [2.24, 2.45) is 0 Å². The molecule has 0 aliphatic heterocycles. The second-order valence-electron chi connectivity index (χ2n) is 7.42. The van der Waals surface area contributed by atoms with Crippen molar-refractivity contribution in [3.63, 3.8) is 0 Å². The number of Topliss-reactive ketones (excluding diaryl/α,β-unsaturated/α-hetero) is 1. The van der Waals surface area contributed by atoms with Gasteiger partial charge in [-0.05, 0) is 47.7 Å². The van der Waals surface area contributed by atoms with E-state index in [-0.39, 0.29) is 29.8 Å². The molecule has 0 unspecified atom stereocenters. The van der Waals surface area contributed by atoms with E-state index in [2.05, 4.69) is 10.3 Å². The lowest BCUT2D eigenvalue weighted by Crippen LogP contribution is -2.48. The van der Waals surface area contributed by atoms with E-state index in [1.165, 1.54) is 0 Å². The molecule has 1 heterocycles. The number of H-pyrrole nitrogens is 1. The molecule has 0 aliphatic carbocycles. The molecular weight excluding hydrogens is 302 g/mol. The smallest absolute Gasteiger partial charge is 0.234 e. The Balaban J connectivity index is 2.16. The van der Waals surface area contributed by atoms with Gasteiger partial charge in [0.2, 0.25) is 5.91 Å². The van der Waals surface area contributed by atoms with Crippen molar-refractivity contribution in [2.45, 2.75) is 46.2 Å². The predicted molar refractivity (Wildman–Crippen MR) is 97.4 cm³/mol. The van der Waals surface area contributed by atoms with Crippen LogP contribution in [0.1, 0.15) is 43.7 Å². The van der Waals surface area contributed by atoms with Crippen LogP contribution in [0, 0.1) is 6.92 Å². The molecule has 24 heavy (non-hydrogen) atoms. The normalized spacial score (nSPS) is 13.3. The van der Waals surface area contributed by atoms with E-state index in [1.807, 2.05) is 58.9 Å². The standard InChI is InChI=1S/C19H27N3O2/c1-12-17(14-9-7-8-10-15(14)20-12)18(24)13(2)22(6)11-16(23)21-19(3,4)5/h7-10,13,20H,11H2,1-6H3,(H,21,23)/t13-/m1/s1. The van der Waals surface area contributed by atoms with E-state index >= 15 is 0 Å². The largest absolute Gasteiger partial charge is 0.358 e. The molecule has 2 rings (SSSR count). The van der Waals surface area contributed by atoms with Crippen molar-refractivity contribution in [3.05, 3.63) is 35.5 Å². The maximum atomic E-state index is 13.0. The number of ketones is 1. The number of hydrogen-bond donors (Lipinski definition) is 2. The molecule has 1 atom stereocenters. The molecular formula is C19H27N3O2. The number of para-hydroxylation sites is 1. The highest BCUT2D eigenvalue weighted by molar-refractivity contribution is 6.11. The fraction of sp³-hybridized carbons (Fsp3) is 0.474. The fourth-order valence-corrected chi connectivity index (χ4v) is 2.82. The van der Waals surface area contributed by atoms with Crippen LogP contribution < -0.4 is 5.32 Å². The minimum absolute atomic E-state index is 0.0241. The van der Waals surface area contributed by atoms with Gasteiger partial charge in [0.15, 0.2) is 5.78 Å². The molecule has 0 spiro atoms. The first-order valence-electron chi connectivity index (χ1n) is 8.23. The average Bonchev–Trinajstić information content (AvgIpc) is 2.79. The number of rotatable bonds is 5. The first kappa shape index (κ1) is 18.2. The minimum Gasteiger partial charge on any atom is -0.358 e. The number of fused-ring (bicyclic) bond motifs is 1. The number of carbonyl (C=O) groups excluding carboxylic acids is 2. The number of amides is 1. The zero-order chi connectivity index (χ0) is 18.1. The van der Waals surface area contributed by atoms with Gasteiger partial charge in [0.05, 0.1) is 12.6 Å². The summed E-state index contributed by atoms with van der Waals surface area (Å²) in [4.78, 5) is 30.1. The second-order valence-corrected chi connectivity index (χ2v) is 7.42. The van der Waals surface area contributed by atoms with Gasteiger partial charge in [-0.25, -0.2) is 0 Å². The van der Waals surface area contributed by atoms with Crippen molar-refractivity contribution in [3.8, 4) is 0 Å². The highest BCUT2D eigenvalue weighted by Crippen LogP contribution is 2.24. The Hall–Kier alpha value is -2.14. The van der Waals surface area contributed by atoms with Crippen LogP contribution >= 0.6 is 0 Å². The van der Waals surface area contributed by atoms with E-state index in [9.17, 15) is 9.59 Å². The zero-order valence-corrected chi connectivity index (χ0v) is 15.4. The molecule has 1 aromatic heterocycles. The van der Waals surface area contributed by atoms with Crippen LogP contribution in [0.3, 0.4) is 0 Å². The minimum atomic E-state index is -0.381. The maximum Gasteiger partial charge on any atom is 0.234 e. The predicted octanol–water partition coefficient (Wildman–Crippen LogP) is 2.89. The van der Waals surface area contributed by atoms with Gasteiger partial charge in [-0.15, -0.1) is 0 Å². The number of carbonyl (C=O) groups is 2. The van der Waals surface area contributed by atoms with Gasteiger partial charge in [0.1, 0.15) is 0 Å². The van der Waals surface area contributed by atoms with Crippen molar-refractivity contribution >= 4 is 22.6 Å². The molecule has 2 N–H and O–H groups in total. The summed E-state index contributed by atoms with van der Waals surface area (Å²) in [6, 6.07) is 7.40. The summed E-state index contributed by atoms with van der Waals surface area (Å²) < 4.78 is 0. The molecule has 1 aromatic carbocycles. The number of benzene rings is 1. The van der Waals surface area contributed by atoms with Gasteiger partial charge < -0.3 is 10.3 Å². The third kappa shape index (κ3) is 4.03. The highest BCUT2D eigenvalue weighted by atomic mass is 16.2. The summed E-state index contributed by atoms with van der Waals surface area (Å²) in [7, 11) is 1.80. The van der Waals surface area contributed by atoms with Crippen LogP contribution in [0.4, 0.5) is 0 Å². The van der Waals surface area contributed by atoms with Crippen LogP contribution in [0.15, 0.2) is 24.3 Å². The number of nitrogens with zero attached hydrogens (tertiary/aromatic N) is 1. The Morgan fingerprint density at radius 2 is 1.88 bits per heavy atom. The Morgan fingerprint density at radius 3 is 2.50 bits per heavy atom. The van der Waals surface area contributed by atoms with Crippen LogP contribution in [-0.2, 0) is 4.79 Å². The van der Waals surface area contributed by atoms with Crippen molar-refractivity contribution in [1.29, 1.82) is 0 Å². The van der Waals surface area contributed by atoms with E-state index < -0.39 is 0 Å². The van der Waals surface area contributed by atoms with Crippen molar-refractivity contribution in [1.82, 2.24) is 15.2 Å². The van der Waals surface area contributed by atoms with E-state index in [0.717, 1.165) is 16.6 Å². The summed E-state index contributed by atoms with van der Waals surface area (Å²) in [5.74, 6) is -0.0590. The molecule has 1 amide bonds. The number of aromatic nitrogens is 1. The lowest BCUT2D eigenvalue weighted by molar-refractivity contribution is -0.123. The molecule has 0 fully saturated rings. The van der Waals surface area contributed by atoms with Gasteiger partial charge in [0, 0.05) is 27.7 Å². The van der Waals surface area contributed by atoms with Crippen molar-refractivity contribution in [2.75, 3.05) is 13.6 Å². The number of aryl methyl sites for hydroxylation is 1. The number of likely N-dealkylation sites (N-methyl/N-ethyl adjacent to an activating group) is 1. The Bertz CT molecular complexity index is 756. The Labute approximate surface area is 143 Å². The van der Waals surface area contributed by atoms with E-state index in [0.29, 0.717) is 5.56 Å². The number of aromatic amines is 1. The fourth-order valence-electron chi connectivity index (χ4n) is 2.82. The number of nitrogens with one attached hydrogen (secondary N) is 2. The molecule has 5 heteroatoms. The van der Waals surface area contributed by atoms with Crippen LogP contribution in [-0.4, -0.2) is 46.7 Å². The van der Waals surface area contributed by atoms with Gasteiger partial charge in [-0.3, -0.25) is 14.5 Å². The molecule has 2 aromatic rings. The van der Waals surface area contributed by atoms with E-state index in [4.69, 9.17) is 0 Å². The molecule has 0 aliphatic rings. The van der Waals surface area contributed by atoms with Crippen LogP contribution in [0.25, 0.3) is 10.9 Å². The Morgan fingerprint density at radius 1 is 1.25 bits per heavy atom. The first-order valence-corrected chi connectivity index (χ1v) is 8.23. The highest BCUT2D eigenvalue weighted by Gasteiger charge is 2.26. The first-order chi connectivity index (χ1) is 11.1. The van der Waals surface area contributed by atoms with Gasteiger partial charge in [-0.2, -0.15) is 0 Å². The van der Waals surface area contributed by atoms with Crippen LogP contribution in [0.5, 0.6) is 0 Å². The topological polar surface area (TPSA) is 65.2 Å². The summed E-state index contributed by atoms with van der Waals surface area (Å²) in [5.41, 5.74) is 2.25. The van der Waals surface area contributed by atoms with Gasteiger partial charge in [0.25, 0.3) is 0 Å². The van der Waals surface area contributed by atoms with Gasteiger partial charge in [-0.1, -0.05) is 18.2 Å². The molecule has 130 valence electrons. The summed E-state index contributed by atoms with van der Waals surface area (Å²) in [5, 5.41) is 3.85. The average molecular weight is 329 g/mol. The SMILES string of the molecule is Cc1[nH]c2ccccc2c1C(=O)[C@@H](C)N(C)CC(=O)NC(C)(C)C. The summed E-state index contributed by atoms with van der Waals surface area (Å²) in [6.45, 7) is 9.75. The molecule has 0 radical (unpaired) electrons. The molecule has 0 saturated carbocycles. The van der Waals surface area contributed by atoms with Crippen LogP contribution in [0.2, 0.25) is 0 Å². The molecule has 0 saturated heterocycles.